The molecule has 78 heavy (non-hydrogen) atoms. The first kappa shape index (κ1) is 64.5. The average Bonchev–Trinajstić information content (AvgIpc) is 4.03. The van der Waals surface area contributed by atoms with E-state index >= 15 is 0 Å². The van der Waals surface area contributed by atoms with Gasteiger partial charge in [-0.2, -0.15) is 0 Å². The van der Waals surface area contributed by atoms with Crippen molar-refractivity contribution in [2.75, 3.05) is 32.9 Å². The van der Waals surface area contributed by atoms with Crippen LogP contribution in [0.4, 0.5) is 5.69 Å². The number of hydrogen-bond donors (Lipinski definition) is 9. The summed E-state index contributed by atoms with van der Waals surface area (Å²) in [7, 11) is 3.29. The van der Waals surface area contributed by atoms with Crippen molar-refractivity contribution in [3.05, 3.63) is 100 Å². The standard InChI is InChI=1S/C56H77N11O8.3ClH/c1-30(2)47(64-49(68)32(5)58-7)55(74)66-28-39(26-45(66)53(72)62-43-21-13-17-34-15-9-11-19-41(34)43)60-51(70)36-23-37(25-38(57)24-36)52(71)61-40-27-46(54(73)63-44-22-14-18-35-16-10-12-20-42(35)44)67(29-40)56(75)48(31(3)4)65-50(69)33(6)59-8;;;/h9-12,15-16,19-20,23-25,30-33,39-40,43-48,58-59H,13-14,17-18,21-22,26-29,57H2,1-8H3,(H,60,70)(H,61,71)(H,62,72)(H,63,73)(H,64,68)(H,65,69);3*1H/t32-,33-,39-,40-,43+,44+,45-,46-,47-,48-;;;/m0.../s1. The first-order chi connectivity index (χ1) is 35.8. The largest absolute Gasteiger partial charge is 0.399 e. The minimum Gasteiger partial charge on any atom is -0.399 e. The van der Waals surface area contributed by atoms with Crippen LogP contribution in [0.2, 0.25) is 0 Å². The molecular formula is C56H80Cl3N11O8. The van der Waals surface area contributed by atoms with Crippen molar-refractivity contribution in [2.24, 2.45) is 11.8 Å². The molecule has 2 heterocycles. The molecule has 22 heteroatoms. The molecule has 8 amide bonds. The van der Waals surface area contributed by atoms with Crippen molar-refractivity contribution in [1.29, 1.82) is 0 Å². The van der Waals surface area contributed by atoms with Crippen LogP contribution in [0, 0.1) is 11.8 Å². The number of nitrogen functional groups attached to an aromatic ring is 1. The number of hydrogen-bond acceptors (Lipinski definition) is 11. The Morgan fingerprint density at radius 2 is 0.910 bits per heavy atom. The van der Waals surface area contributed by atoms with Crippen LogP contribution in [0.5, 0.6) is 0 Å². The normalized spacial score (nSPS) is 21.8. The Bertz CT molecular complexity index is 2470. The highest BCUT2D eigenvalue weighted by molar-refractivity contribution is 6.02. The highest BCUT2D eigenvalue weighted by Crippen LogP contribution is 2.33. The van der Waals surface area contributed by atoms with Crippen LogP contribution < -0.4 is 48.3 Å². The topological polar surface area (TPSA) is 265 Å². The van der Waals surface area contributed by atoms with Crippen molar-refractivity contribution in [3.8, 4) is 0 Å². The lowest BCUT2D eigenvalue weighted by Crippen LogP contribution is -2.57. The fraction of sp³-hybridized carbons (Fsp3) is 0.536. The van der Waals surface area contributed by atoms with Gasteiger partial charge in [0.05, 0.1) is 24.2 Å². The van der Waals surface area contributed by atoms with E-state index in [1.165, 1.54) is 28.0 Å². The second-order valence-corrected chi connectivity index (χ2v) is 21.5. The molecule has 2 aliphatic heterocycles. The van der Waals surface area contributed by atoms with E-state index < -0.39 is 72.0 Å². The smallest absolute Gasteiger partial charge is 0.251 e. The summed E-state index contributed by atoms with van der Waals surface area (Å²) in [6.07, 6.45) is 5.14. The summed E-state index contributed by atoms with van der Waals surface area (Å²) >= 11 is 0. The second-order valence-electron chi connectivity index (χ2n) is 21.5. The fourth-order valence-corrected chi connectivity index (χ4v) is 10.9. The maximum atomic E-state index is 14.5. The van der Waals surface area contributed by atoms with E-state index in [9.17, 15) is 38.4 Å². The Labute approximate surface area is 476 Å². The lowest BCUT2D eigenvalue weighted by Gasteiger charge is -2.32. The number of rotatable bonds is 18. The molecule has 0 spiro atoms. The van der Waals surface area contributed by atoms with Gasteiger partial charge in [0.1, 0.15) is 24.2 Å². The number of carbonyl (C=O) groups is 8. The SMILES string of the molecule is CN[C@@H](C)C(=O)N[C@H](C(=O)N1C[C@@H](NC(=O)c2cc(N)cc(C(=O)N[C@H]3C[C@@H](C(=O)N[C@@H]4CCCc5ccccc54)N(C(=O)[C@@H](NC(=O)[C@H](C)NC)C(C)C)C3)c2)C[C@H]1C(=O)N[C@@H]1CCCc2ccccc21)C(C)C.Cl.Cl.Cl. The molecule has 0 saturated carbocycles. The maximum Gasteiger partial charge on any atom is 0.251 e. The number of nitrogens with zero attached hydrogens (tertiary/aromatic N) is 2. The molecule has 7 rings (SSSR count). The average molecular weight is 1140 g/mol. The van der Waals surface area contributed by atoms with Crippen LogP contribution in [0.1, 0.15) is 135 Å². The highest BCUT2D eigenvalue weighted by atomic mass is 35.5. The summed E-state index contributed by atoms with van der Waals surface area (Å²) in [5.74, 6) is -4.27. The Balaban J connectivity index is 0.00000437. The number of amides is 8. The molecule has 4 aliphatic rings. The Kier molecular flexibility index (Phi) is 23.8. The summed E-state index contributed by atoms with van der Waals surface area (Å²) < 4.78 is 0. The van der Waals surface area contributed by atoms with Gasteiger partial charge in [-0.15, -0.1) is 37.2 Å². The van der Waals surface area contributed by atoms with Gasteiger partial charge in [-0.25, -0.2) is 0 Å². The zero-order valence-corrected chi connectivity index (χ0v) is 48.3. The van der Waals surface area contributed by atoms with E-state index in [4.69, 9.17) is 5.73 Å². The van der Waals surface area contributed by atoms with Crippen LogP contribution in [-0.4, -0.2) is 133 Å². The maximum absolute atomic E-state index is 14.5. The van der Waals surface area contributed by atoms with Crippen LogP contribution in [0.15, 0.2) is 66.7 Å². The van der Waals surface area contributed by atoms with Crippen LogP contribution in [0.25, 0.3) is 0 Å². The molecule has 3 aromatic carbocycles. The zero-order valence-electron chi connectivity index (χ0n) is 45.8. The van der Waals surface area contributed by atoms with Gasteiger partial charge in [0.25, 0.3) is 11.8 Å². The number of likely N-dealkylation sites (tertiary alicyclic amines) is 2. The summed E-state index contributed by atoms with van der Waals surface area (Å²) in [6.45, 7) is 10.6. The fourth-order valence-electron chi connectivity index (χ4n) is 10.9. The first-order valence-corrected chi connectivity index (χ1v) is 26.6. The van der Waals surface area contributed by atoms with Gasteiger partial charge in [-0.1, -0.05) is 76.2 Å². The van der Waals surface area contributed by atoms with Gasteiger partial charge in [0.15, 0.2) is 0 Å². The molecule has 2 saturated heterocycles. The van der Waals surface area contributed by atoms with Crippen LogP contribution in [-0.2, 0) is 41.6 Å². The summed E-state index contributed by atoms with van der Waals surface area (Å²) in [5.41, 5.74) is 10.9. The van der Waals surface area contributed by atoms with Gasteiger partial charge < -0.3 is 58.1 Å². The van der Waals surface area contributed by atoms with Crippen molar-refractivity contribution >= 4 is 90.2 Å². The zero-order chi connectivity index (χ0) is 54.2. The van der Waals surface area contributed by atoms with E-state index in [1.54, 1.807) is 27.9 Å². The molecule has 2 fully saturated rings. The van der Waals surface area contributed by atoms with Gasteiger partial charge in [-0.3, -0.25) is 38.4 Å². The quantitative estimate of drug-likeness (QED) is 0.0828. The van der Waals surface area contributed by atoms with Crippen molar-refractivity contribution in [3.63, 3.8) is 0 Å². The van der Waals surface area contributed by atoms with Crippen molar-refractivity contribution < 1.29 is 38.4 Å². The monoisotopic (exact) mass is 1140 g/mol. The van der Waals surface area contributed by atoms with Crippen LogP contribution >= 0.6 is 37.2 Å². The molecule has 0 unspecified atom stereocenters. The Morgan fingerprint density at radius 1 is 0.538 bits per heavy atom. The van der Waals surface area contributed by atoms with E-state index in [0.717, 1.165) is 60.8 Å². The number of aryl methyl sites for hydroxylation is 2. The molecule has 2 aliphatic carbocycles. The number of fused-ring (bicyclic) bond motifs is 2. The minimum absolute atomic E-state index is 0. The van der Waals surface area contributed by atoms with E-state index in [2.05, 4.69) is 54.7 Å². The number of anilines is 1. The third-order valence-electron chi connectivity index (χ3n) is 15.4. The molecule has 0 bridgehead atoms. The third-order valence-corrected chi connectivity index (χ3v) is 15.4. The predicted molar refractivity (Wildman–Crippen MR) is 306 cm³/mol. The van der Waals surface area contributed by atoms with E-state index in [-0.39, 0.29) is 128 Å². The number of nitrogens with one attached hydrogen (secondary N) is 8. The van der Waals surface area contributed by atoms with E-state index in [1.807, 2.05) is 64.1 Å². The Hall–Kier alpha value is -5.99. The number of benzene rings is 3. The number of carbonyl (C=O) groups excluding carboxylic acids is 8. The Morgan fingerprint density at radius 3 is 1.27 bits per heavy atom. The molecule has 0 radical (unpaired) electrons. The second kappa shape index (κ2) is 28.8. The molecule has 10 atom stereocenters. The highest BCUT2D eigenvalue weighted by Gasteiger charge is 2.46. The number of nitrogens with two attached hydrogens (primary N) is 1. The van der Waals surface area contributed by atoms with Gasteiger partial charge >= 0.3 is 0 Å². The molecule has 19 nitrogen and oxygen atoms in total. The predicted octanol–water partition coefficient (Wildman–Crippen LogP) is 3.82. The molecule has 3 aromatic rings. The van der Waals surface area contributed by atoms with Crippen molar-refractivity contribution in [1.82, 2.24) is 52.3 Å². The number of likely N-dealkylation sites (N-methyl/N-ethyl adjacent to an activating group) is 2. The lowest BCUT2D eigenvalue weighted by molar-refractivity contribution is -0.142. The molecule has 428 valence electrons. The van der Waals surface area contributed by atoms with Gasteiger partial charge in [0.2, 0.25) is 35.4 Å². The molecule has 10 N–H and O–H groups in total. The van der Waals surface area contributed by atoms with Gasteiger partial charge in [-0.05, 0) is 132 Å². The molecular weight excluding hydrogens is 1060 g/mol. The van der Waals surface area contributed by atoms with Gasteiger partial charge in [0, 0.05) is 42.0 Å². The summed E-state index contributed by atoms with van der Waals surface area (Å²) in [6, 6.07) is 13.2. The van der Waals surface area contributed by atoms with E-state index in [0.29, 0.717) is 0 Å². The number of halogens is 3. The summed E-state index contributed by atoms with van der Waals surface area (Å²) in [4.78, 5) is 115. The summed E-state index contributed by atoms with van der Waals surface area (Å²) in [5, 5.41) is 23.9. The lowest BCUT2D eigenvalue weighted by atomic mass is 9.87. The minimum atomic E-state index is -0.981. The first-order valence-electron chi connectivity index (χ1n) is 26.6. The van der Waals surface area contributed by atoms with Crippen LogP contribution in [0.3, 0.4) is 0 Å². The molecule has 0 aromatic heterocycles. The third kappa shape index (κ3) is 15.2. The van der Waals surface area contributed by atoms with Crippen molar-refractivity contribution in [2.45, 2.75) is 153 Å².